The number of hydrogen-bond donors (Lipinski definition) is 1. The lowest BCUT2D eigenvalue weighted by atomic mass is 9.95. The summed E-state index contributed by atoms with van der Waals surface area (Å²) in [5.41, 5.74) is 0.0889. The van der Waals surface area contributed by atoms with E-state index in [9.17, 15) is 24.3 Å². The maximum atomic E-state index is 11.7. The van der Waals surface area contributed by atoms with Crippen LogP contribution in [0.5, 0.6) is 0 Å². The number of carbonyl (C=O) groups excluding carboxylic acids is 3. The number of carbonyl (C=O) groups is 4. The minimum Gasteiger partial charge on any atom is -0.478 e. The molecule has 0 amide bonds. The summed E-state index contributed by atoms with van der Waals surface area (Å²) in [6.07, 6.45) is -0.0355. The van der Waals surface area contributed by atoms with Crippen molar-refractivity contribution in [2.45, 2.75) is 13.3 Å². The van der Waals surface area contributed by atoms with Gasteiger partial charge in [-0.2, -0.15) is 0 Å². The van der Waals surface area contributed by atoms with E-state index in [2.05, 4.69) is 11.3 Å². The van der Waals surface area contributed by atoms with Gasteiger partial charge in [0, 0.05) is 12.0 Å². The van der Waals surface area contributed by atoms with E-state index in [1.165, 1.54) is 19.1 Å². The Morgan fingerprint density at radius 2 is 1.95 bits per heavy atom. The average molecular weight is 304 g/mol. The van der Waals surface area contributed by atoms with Crippen LogP contribution in [0.4, 0.5) is 0 Å². The molecule has 0 saturated carbocycles. The number of rotatable bonds is 5. The number of ether oxygens (including phenoxy) is 2. The Bertz CT molecular complexity index is 715. The SMILES string of the molecule is C=C(C)C(=O)OCCc1c(C(=O)O)ccc2c1C(=O)OC2=O. The third-order valence-electron chi connectivity index (χ3n) is 3.09. The molecule has 1 aliphatic heterocycles. The molecule has 0 fully saturated rings. The van der Waals surface area contributed by atoms with Gasteiger partial charge in [-0.3, -0.25) is 0 Å². The van der Waals surface area contributed by atoms with Crippen LogP contribution >= 0.6 is 0 Å². The molecule has 7 nitrogen and oxygen atoms in total. The highest BCUT2D eigenvalue weighted by Gasteiger charge is 2.34. The summed E-state index contributed by atoms with van der Waals surface area (Å²) >= 11 is 0. The molecule has 7 heteroatoms. The molecule has 0 aliphatic carbocycles. The van der Waals surface area contributed by atoms with Crippen molar-refractivity contribution in [3.63, 3.8) is 0 Å². The number of hydrogen-bond acceptors (Lipinski definition) is 6. The lowest BCUT2D eigenvalue weighted by Gasteiger charge is -2.10. The van der Waals surface area contributed by atoms with Gasteiger partial charge in [0.15, 0.2) is 0 Å². The van der Waals surface area contributed by atoms with Crippen LogP contribution in [0, 0.1) is 0 Å². The predicted molar refractivity (Wildman–Crippen MR) is 72.6 cm³/mol. The number of fused-ring (bicyclic) bond motifs is 1. The standard InChI is InChI=1S/C15H12O7/c1-7(2)13(18)21-6-5-8-9(12(16)17)3-4-10-11(8)15(20)22-14(10)19/h3-4H,1,5-6H2,2H3,(H,16,17). The molecule has 0 atom stereocenters. The quantitative estimate of drug-likeness (QED) is 0.497. The number of benzene rings is 1. The number of carboxylic acids is 1. The Kier molecular flexibility index (Phi) is 4.07. The van der Waals surface area contributed by atoms with Crippen molar-refractivity contribution in [2.75, 3.05) is 6.61 Å². The summed E-state index contributed by atoms with van der Waals surface area (Å²) < 4.78 is 9.38. The molecule has 1 aliphatic rings. The van der Waals surface area contributed by atoms with Gasteiger partial charge < -0.3 is 14.6 Å². The molecule has 0 unspecified atom stereocenters. The zero-order valence-corrected chi connectivity index (χ0v) is 11.7. The van der Waals surface area contributed by atoms with E-state index in [1.54, 1.807) is 0 Å². The molecule has 1 N–H and O–H groups in total. The van der Waals surface area contributed by atoms with Gasteiger partial charge in [0.2, 0.25) is 0 Å². The number of cyclic esters (lactones) is 2. The molecule has 1 heterocycles. The predicted octanol–water partition coefficient (Wildman–Crippen LogP) is 1.36. The fourth-order valence-electron chi connectivity index (χ4n) is 2.07. The maximum absolute atomic E-state index is 11.7. The van der Waals surface area contributed by atoms with Crippen molar-refractivity contribution in [3.05, 3.63) is 46.5 Å². The van der Waals surface area contributed by atoms with Crippen LogP contribution in [0.3, 0.4) is 0 Å². The van der Waals surface area contributed by atoms with E-state index in [0.29, 0.717) is 0 Å². The summed E-state index contributed by atoms with van der Waals surface area (Å²) in [7, 11) is 0. The second kappa shape index (κ2) is 5.80. The van der Waals surface area contributed by atoms with Gasteiger partial charge in [0.05, 0.1) is 23.3 Å². The van der Waals surface area contributed by atoms with Crippen LogP contribution < -0.4 is 0 Å². The lowest BCUT2D eigenvalue weighted by molar-refractivity contribution is -0.138. The molecule has 0 bridgehead atoms. The molecule has 0 radical (unpaired) electrons. The molecule has 0 aromatic heterocycles. The van der Waals surface area contributed by atoms with E-state index >= 15 is 0 Å². The smallest absolute Gasteiger partial charge is 0.347 e. The summed E-state index contributed by atoms with van der Waals surface area (Å²) in [5, 5.41) is 9.19. The molecular formula is C15H12O7. The van der Waals surface area contributed by atoms with Crippen molar-refractivity contribution < 1.29 is 33.8 Å². The van der Waals surface area contributed by atoms with Gasteiger partial charge >= 0.3 is 23.9 Å². The summed E-state index contributed by atoms with van der Waals surface area (Å²) in [6, 6.07) is 2.45. The summed E-state index contributed by atoms with van der Waals surface area (Å²) in [5.74, 6) is -3.60. The topological polar surface area (TPSA) is 107 Å². The second-order valence-electron chi connectivity index (χ2n) is 4.66. The van der Waals surface area contributed by atoms with Crippen molar-refractivity contribution in [3.8, 4) is 0 Å². The fraction of sp³-hybridized carbons (Fsp3) is 0.200. The van der Waals surface area contributed by atoms with E-state index in [-0.39, 0.29) is 40.9 Å². The minimum atomic E-state index is -1.25. The summed E-state index contributed by atoms with van der Waals surface area (Å²) in [6.45, 7) is 4.74. The highest BCUT2D eigenvalue weighted by atomic mass is 16.6. The molecule has 2 rings (SSSR count). The first-order valence-corrected chi connectivity index (χ1v) is 6.31. The average Bonchev–Trinajstić information content (AvgIpc) is 2.73. The lowest BCUT2D eigenvalue weighted by Crippen LogP contribution is -2.14. The molecule has 1 aromatic carbocycles. The molecule has 1 aromatic rings. The van der Waals surface area contributed by atoms with Crippen molar-refractivity contribution in [1.82, 2.24) is 0 Å². The highest BCUT2D eigenvalue weighted by Crippen LogP contribution is 2.27. The van der Waals surface area contributed by atoms with Gasteiger partial charge in [0.25, 0.3) is 0 Å². The first-order valence-electron chi connectivity index (χ1n) is 6.31. The van der Waals surface area contributed by atoms with Crippen molar-refractivity contribution in [2.24, 2.45) is 0 Å². The second-order valence-corrected chi connectivity index (χ2v) is 4.66. The van der Waals surface area contributed by atoms with Gasteiger partial charge in [0.1, 0.15) is 0 Å². The molecule has 114 valence electrons. The zero-order valence-electron chi connectivity index (χ0n) is 11.7. The fourth-order valence-corrected chi connectivity index (χ4v) is 2.07. The molecule has 0 spiro atoms. The van der Waals surface area contributed by atoms with Crippen LogP contribution in [0.1, 0.15) is 43.6 Å². The summed E-state index contributed by atoms with van der Waals surface area (Å²) in [4.78, 5) is 45.8. The van der Waals surface area contributed by atoms with Gasteiger partial charge in [-0.15, -0.1) is 0 Å². The van der Waals surface area contributed by atoms with Crippen LogP contribution in [0.25, 0.3) is 0 Å². The Morgan fingerprint density at radius 3 is 2.55 bits per heavy atom. The van der Waals surface area contributed by atoms with Gasteiger partial charge in [-0.1, -0.05) is 6.58 Å². The highest BCUT2D eigenvalue weighted by molar-refractivity contribution is 6.16. The van der Waals surface area contributed by atoms with Crippen LogP contribution in [-0.4, -0.2) is 35.6 Å². The Balaban J connectivity index is 2.34. The van der Waals surface area contributed by atoms with Crippen LogP contribution in [0.2, 0.25) is 0 Å². The third-order valence-corrected chi connectivity index (χ3v) is 3.09. The minimum absolute atomic E-state index is 0.0104. The monoisotopic (exact) mass is 304 g/mol. The third kappa shape index (κ3) is 2.73. The van der Waals surface area contributed by atoms with Crippen LogP contribution in [-0.2, 0) is 20.7 Å². The van der Waals surface area contributed by atoms with E-state index in [0.717, 1.165) is 0 Å². The normalized spacial score (nSPS) is 12.6. The van der Waals surface area contributed by atoms with Gasteiger partial charge in [-0.25, -0.2) is 19.2 Å². The maximum Gasteiger partial charge on any atom is 0.347 e. The Hall–Kier alpha value is -2.96. The van der Waals surface area contributed by atoms with Crippen molar-refractivity contribution in [1.29, 1.82) is 0 Å². The largest absolute Gasteiger partial charge is 0.478 e. The Labute approximate surface area is 125 Å². The van der Waals surface area contributed by atoms with Crippen molar-refractivity contribution >= 4 is 23.9 Å². The van der Waals surface area contributed by atoms with E-state index < -0.39 is 23.9 Å². The zero-order chi connectivity index (χ0) is 16.4. The molecule has 0 saturated heterocycles. The van der Waals surface area contributed by atoms with E-state index in [4.69, 9.17) is 4.74 Å². The van der Waals surface area contributed by atoms with Crippen LogP contribution in [0.15, 0.2) is 24.3 Å². The number of aromatic carboxylic acids is 1. The number of carboxylic acid groups (broad SMARTS) is 1. The number of esters is 3. The Morgan fingerprint density at radius 1 is 1.27 bits per heavy atom. The van der Waals surface area contributed by atoms with E-state index in [1.807, 2.05) is 0 Å². The molecule has 22 heavy (non-hydrogen) atoms. The first-order chi connectivity index (χ1) is 10.3. The van der Waals surface area contributed by atoms with Gasteiger partial charge in [-0.05, 0) is 24.6 Å². The first kappa shape index (κ1) is 15.4. The molecular weight excluding hydrogens is 292 g/mol.